The zero-order valence-electron chi connectivity index (χ0n) is 28.4. The Hall–Kier alpha value is -6.56. The molecule has 1 aliphatic heterocycles. The molecule has 5 heteroatoms. The summed E-state index contributed by atoms with van der Waals surface area (Å²) in [5.41, 5.74) is 14.6. The van der Waals surface area contributed by atoms with Crippen molar-refractivity contribution >= 4 is 105 Å². The number of benzene rings is 8. The molecular formula is C48H28BN2OS. The topological polar surface area (TPSA) is 30.1 Å². The van der Waals surface area contributed by atoms with Gasteiger partial charge in [-0.25, -0.2) is 0 Å². The van der Waals surface area contributed by atoms with Crippen LogP contribution in [0.5, 0.6) is 0 Å². The summed E-state index contributed by atoms with van der Waals surface area (Å²) in [6, 6.07) is 59.0. The number of anilines is 2. The lowest BCUT2D eigenvalue weighted by molar-refractivity contribution is 0.667. The molecule has 0 saturated carbocycles. The minimum absolute atomic E-state index is 0.894. The maximum atomic E-state index is 6.89. The molecule has 0 aliphatic carbocycles. The van der Waals surface area contributed by atoms with Crippen molar-refractivity contribution in [2.75, 3.05) is 5.32 Å². The number of aromatic nitrogens is 1. The van der Waals surface area contributed by atoms with Crippen molar-refractivity contribution < 1.29 is 4.42 Å². The molecule has 1 radical (unpaired) electrons. The molecule has 245 valence electrons. The molecule has 0 spiro atoms. The van der Waals surface area contributed by atoms with Gasteiger partial charge in [-0.05, 0) is 75.4 Å². The molecule has 53 heavy (non-hydrogen) atoms. The highest BCUT2D eigenvalue weighted by atomic mass is 32.1. The molecule has 11 aromatic rings. The summed E-state index contributed by atoms with van der Waals surface area (Å²) >= 11 is 1.88. The van der Waals surface area contributed by atoms with E-state index in [2.05, 4.69) is 181 Å². The molecule has 8 aromatic carbocycles. The number of hydrogen-bond acceptors (Lipinski definition) is 3. The lowest BCUT2D eigenvalue weighted by atomic mass is 9.59. The third-order valence-electron chi connectivity index (χ3n) is 11.0. The lowest BCUT2D eigenvalue weighted by Gasteiger charge is -2.25. The number of para-hydroxylation sites is 2. The fraction of sp³-hybridized carbons (Fsp3) is 0. The molecule has 0 unspecified atom stereocenters. The van der Waals surface area contributed by atoms with Crippen LogP contribution < -0.4 is 16.2 Å². The van der Waals surface area contributed by atoms with Crippen LogP contribution in [0, 0.1) is 0 Å². The molecule has 4 heterocycles. The maximum absolute atomic E-state index is 6.89. The number of nitrogens with zero attached hydrogens (tertiary/aromatic N) is 1. The first-order chi connectivity index (χ1) is 26.3. The Bertz CT molecular complexity index is 3280. The largest absolute Gasteiger partial charge is 0.454 e. The molecule has 3 aromatic heterocycles. The first-order valence-corrected chi connectivity index (χ1v) is 18.8. The van der Waals surface area contributed by atoms with Gasteiger partial charge in [0.1, 0.15) is 5.58 Å². The SMILES string of the molecule is [B]1c2c(-c3cc4ccccc4cc3Nc3ccc(-c4ccccc4)cc3)cc3c(oc4ccccc43)c2-n2c3c1cccc3c1sc3ccccc3c12. The summed E-state index contributed by atoms with van der Waals surface area (Å²) in [7, 11) is 2.39. The number of hydrogen-bond donors (Lipinski definition) is 1. The minimum Gasteiger partial charge on any atom is -0.454 e. The van der Waals surface area contributed by atoms with Crippen LogP contribution in [0.4, 0.5) is 11.4 Å². The van der Waals surface area contributed by atoms with Crippen LogP contribution in [0.2, 0.25) is 0 Å². The van der Waals surface area contributed by atoms with Gasteiger partial charge in [0.2, 0.25) is 0 Å². The van der Waals surface area contributed by atoms with Gasteiger partial charge in [0, 0.05) is 48.7 Å². The highest BCUT2D eigenvalue weighted by Gasteiger charge is 2.31. The summed E-state index contributed by atoms with van der Waals surface area (Å²) in [6.45, 7) is 0. The van der Waals surface area contributed by atoms with Crippen molar-refractivity contribution in [2.45, 2.75) is 0 Å². The van der Waals surface area contributed by atoms with E-state index < -0.39 is 0 Å². The third kappa shape index (κ3) is 4.23. The molecule has 0 fully saturated rings. The molecule has 0 amide bonds. The van der Waals surface area contributed by atoms with Crippen molar-refractivity contribution in [1.82, 2.24) is 4.57 Å². The van der Waals surface area contributed by atoms with Gasteiger partial charge in [-0.2, -0.15) is 0 Å². The summed E-state index contributed by atoms with van der Waals surface area (Å²) in [5.74, 6) is 0. The average molecular weight is 692 g/mol. The molecular weight excluding hydrogens is 663 g/mol. The van der Waals surface area contributed by atoms with Gasteiger partial charge in [-0.15, -0.1) is 11.3 Å². The molecule has 3 nitrogen and oxygen atoms in total. The average Bonchev–Trinajstić information content (AvgIpc) is 3.88. The van der Waals surface area contributed by atoms with E-state index in [0.717, 1.165) is 55.6 Å². The normalized spacial score (nSPS) is 12.3. The second-order valence-corrected chi connectivity index (χ2v) is 15.0. The van der Waals surface area contributed by atoms with Crippen molar-refractivity contribution in [1.29, 1.82) is 0 Å². The molecule has 0 bridgehead atoms. The highest BCUT2D eigenvalue weighted by Crippen LogP contribution is 2.46. The molecule has 1 N–H and O–H groups in total. The Labute approximate surface area is 309 Å². The van der Waals surface area contributed by atoms with E-state index in [9.17, 15) is 0 Å². The Kier molecular flexibility index (Phi) is 6.02. The van der Waals surface area contributed by atoms with Gasteiger partial charge in [-0.1, -0.05) is 127 Å². The van der Waals surface area contributed by atoms with E-state index in [0.29, 0.717) is 0 Å². The standard InChI is InChI=1S/C48H28BN2OS/c1-2-11-28(12-3-1)29-21-23-32(24-22-29)50-40-26-31-14-5-4-13-30(31)25-36(40)37-27-38-33-15-6-8-19-41(33)52-47(38)46-43(37)49-39-18-10-17-35-44(39)51(46)45-34-16-7-9-20-42(34)53-48(35)45/h1-27,50H. The van der Waals surface area contributed by atoms with Crippen molar-refractivity contribution in [3.63, 3.8) is 0 Å². The molecule has 0 saturated heterocycles. The van der Waals surface area contributed by atoms with E-state index in [1.54, 1.807) is 0 Å². The van der Waals surface area contributed by atoms with Crippen LogP contribution in [0.25, 0.3) is 91.9 Å². The quantitative estimate of drug-likeness (QED) is 0.186. The number of furan rings is 1. The van der Waals surface area contributed by atoms with E-state index in [-0.39, 0.29) is 0 Å². The van der Waals surface area contributed by atoms with E-state index in [1.807, 2.05) is 11.3 Å². The van der Waals surface area contributed by atoms with E-state index in [4.69, 9.17) is 4.42 Å². The highest BCUT2D eigenvalue weighted by molar-refractivity contribution is 7.26. The minimum atomic E-state index is 0.894. The monoisotopic (exact) mass is 691 g/mol. The summed E-state index contributed by atoms with van der Waals surface area (Å²) in [4.78, 5) is 0. The van der Waals surface area contributed by atoms with Crippen LogP contribution >= 0.6 is 11.3 Å². The maximum Gasteiger partial charge on any atom is 0.198 e. The van der Waals surface area contributed by atoms with Crippen molar-refractivity contribution in [2.24, 2.45) is 0 Å². The van der Waals surface area contributed by atoms with Crippen LogP contribution in [0.15, 0.2) is 168 Å². The fourth-order valence-electron chi connectivity index (χ4n) is 8.58. The number of rotatable bonds is 4. The fourth-order valence-corrected chi connectivity index (χ4v) is 9.80. The number of nitrogens with one attached hydrogen (secondary N) is 1. The second kappa shape index (κ2) is 11.0. The van der Waals surface area contributed by atoms with Crippen LogP contribution in [-0.2, 0) is 0 Å². The van der Waals surface area contributed by atoms with Crippen LogP contribution in [0.3, 0.4) is 0 Å². The zero-order chi connectivity index (χ0) is 34.6. The van der Waals surface area contributed by atoms with Gasteiger partial charge >= 0.3 is 0 Å². The first-order valence-electron chi connectivity index (χ1n) is 18.0. The number of fused-ring (bicyclic) bond motifs is 12. The Morgan fingerprint density at radius 3 is 2.13 bits per heavy atom. The molecule has 12 rings (SSSR count). The Morgan fingerprint density at radius 1 is 0.547 bits per heavy atom. The van der Waals surface area contributed by atoms with Crippen LogP contribution in [-0.4, -0.2) is 11.8 Å². The van der Waals surface area contributed by atoms with Crippen molar-refractivity contribution in [3.8, 4) is 27.9 Å². The van der Waals surface area contributed by atoms with Crippen molar-refractivity contribution in [3.05, 3.63) is 164 Å². The Morgan fingerprint density at radius 2 is 1.26 bits per heavy atom. The van der Waals surface area contributed by atoms with Gasteiger partial charge in [0.05, 0.1) is 15.9 Å². The second-order valence-electron chi connectivity index (χ2n) is 14.0. The van der Waals surface area contributed by atoms with E-state index >= 15 is 0 Å². The molecule has 0 atom stereocenters. The van der Waals surface area contributed by atoms with Gasteiger partial charge in [-0.3, -0.25) is 0 Å². The first kappa shape index (κ1) is 29.1. The lowest BCUT2D eigenvalue weighted by Crippen LogP contribution is -2.37. The smallest absolute Gasteiger partial charge is 0.198 e. The van der Waals surface area contributed by atoms with Gasteiger partial charge in [0.15, 0.2) is 12.9 Å². The van der Waals surface area contributed by atoms with E-state index in [1.165, 1.54) is 58.6 Å². The summed E-state index contributed by atoms with van der Waals surface area (Å²) in [5, 5.41) is 11.0. The van der Waals surface area contributed by atoms with Crippen LogP contribution in [0.1, 0.15) is 0 Å². The summed E-state index contributed by atoms with van der Waals surface area (Å²) < 4.78 is 12.0. The predicted octanol–water partition coefficient (Wildman–Crippen LogP) is 12.1. The third-order valence-corrected chi connectivity index (χ3v) is 12.2. The zero-order valence-corrected chi connectivity index (χ0v) is 29.2. The van der Waals surface area contributed by atoms with Gasteiger partial charge < -0.3 is 14.3 Å². The summed E-state index contributed by atoms with van der Waals surface area (Å²) in [6.07, 6.45) is 0. The van der Waals surface area contributed by atoms with Gasteiger partial charge in [0.25, 0.3) is 0 Å². The predicted molar refractivity (Wildman–Crippen MR) is 227 cm³/mol. The molecule has 1 aliphatic rings. The number of thiophene rings is 1. The Balaban J connectivity index is 1.16.